The quantitative estimate of drug-likeness (QED) is 0.879. The molecule has 23 heavy (non-hydrogen) atoms. The Morgan fingerprint density at radius 3 is 2.52 bits per heavy atom. The van der Waals surface area contributed by atoms with E-state index >= 15 is 0 Å². The highest BCUT2D eigenvalue weighted by Gasteiger charge is 2.10. The largest absolute Gasteiger partial charge is 0.487 e. The van der Waals surface area contributed by atoms with E-state index in [1.165, 1.54) is 5.56 Å². The van der Waals surface area contributed by atoms with Crippen molar-refractivity contribution >= 4 is 11.6 Å². The number of nitrogens with zero attached hydrogens (tertiary/aromatic N) is 1. The minimum atomic E-state index is 0.542. The average Bonchev–Trinajstić information content (AvgIpc) is 2.61. The number of nitrogens with one attached hydrogen (secondary N) is 1. The Labute approximate surface area is 143 Å². The van der Waals surface area contributed by atoms with Crippen LogP contribution in [0.25, 0.3) is 0 Å². The van der Waals surface area contributed by atoms with Gasteiger partial charge in [0.05, 0.1) is 5.02 Å². The molecule has 1 N–H and O–H groups in total. The molecule has 0 unspecified atom stereocenters. The van der Waals surface area contributed by atoms with Crippen molar-refractivity contribution in [2.75, 3.05) is 32.7 Å². The van der Waals surface area contributed by atoms with Gasteiger partial charge < -0.3 is 15.0 Å². The first-order valence-corrected chi connectivity index (χ1v) is 8.57. The Kier molecular flexibility index (Phi) is 5.92. The highest BCUT2D eigenvalue weighted by molar-refractivity contribution is 6.32. The average molecular weight is 331 g/mol. The lowest BCUT2D eigenvalue weighted by Crippen LogP contribution is -2.44. The number of benzene rings is 2. The summed E-state index contributed by atoms with van der Waals surface area (Å²) >= 11 is 6.37. The van der Waals surface area contributed by atoms with Gasteiger partial charge in [0.25, 0.3) is 0 Å². The second-order valence-electron chi connectivity index (χ2n) is 5.88. The summed E-state index contributed by atoms with van der Waals surface area (Å²) in [4.78, 5) is 2.49. The van der Waals surface area contributed by atoms with Crippen molar-refractivity contribution in [3.05, 3.63) is 64.7 Å². The Hall–Kier alpha value is -1.55. The Bertz CT molecular complexity index is 612. The van der Waals surface area contributed by atoms with Crippen molar-refractivity contribution in [3.8, 4) is 5.75 Å². The van der Waals surface area contributed by atoms with E-state index in [-0.39, 0.29) is 0 Å². The smallest absolute Gasteiger partial charge is 0.138 e. The summed E-state index contributed by atoms with van der Waals surface area (Å²) in [5.74, 6) is 0.751. The van der Waals surface area contributed by atoms with Crippen molar-refractivity contribution < 1.29 is 4.74 Å². The maximum atomic E-state index is 6.37. The zero-order chi connectivity index (χ0) is 15.9. The topological polar surface area (TPSA) is 24.5 Å². The number of hydrogen-bond acceptors (Lipinski definition) is 3. The van der Waals surface area contributed by atoms with Gasteiger partial charge in [-0.2, -0.15) is 0 Å². The van der Waals surface area contributed by atoms with E-state index in [1.54, 1.807) is 0 Å². The Morgan fingerprint density at radius 2 is 1.78 bits per heavy atom. The number of hydrogen-bond donors (Lipinski definition) is 1. The lowest BCUT2D eigenvalue weighted by molar-refractivity contribution is 0.244. The van der Waals surface area contributed by atoms with Gasteiger partial charge in [-0.25, -0.2) is 0 Å². The minimum Gasteiger partial charge on any atom is -0.487 e. The zero-order valence-electron chi connectivity index (χ0n) is 13.3. The van der Waals surface area contributed by atoms with Gasteiger partial charge in [-0.15, -0.1) is 0 Å². The first kappa shape index (κ1) is 16.3. The summed E-state index contributed by atoms with van der Waals surface area (Å²) in [6.07, 6.45) is 1.03. The summed E-state index contributed by atoms with van der Waals surface area (Å²) in [6, 6.07) is 16.3. The molecule has 2 aromatic carbocycles. The van der Waals surface area contributed by atoms with Gasteiger partial charge in [0.15, 0.2) is 0 Å². The van der Waals surface area contributed by atoms with Crippen LogP contribution < -0.4 is 10.1 Å². The molecule has 2 aromatic rings. The molecule has 1 fully saturated rings. The van der Waals surface area contributed by atoms with Crippen LogP contribution in [-0.2, 0) is 13.0 Å². The number of ether oxygens (including phenoxy) is 1. The first-order valence-electron chi connectivity index (χ1n) is 8.19. The predicted molar refractivity (Wildman–Crippen MR) is 95.2 cm³/mol. The minimum absolute atomic E-state index is 0.542. The van der Waals surface area contributed by atoms with Crippen molar-refractivity contribution in [1.82, 2.24) is 10.2 Å². The molecular formula is C19H23ClN2O. The van der Waals surface area contributed by atoms with Gasteiger partial charge in [-0.3, -0.25) is 0 Å². The van der Waals surface area contributed by atoms with Crippen molar-refractivity contribution in [2.45, 2.75) is 13.0 Å². The molecule has 0 aliphatic carbocycles. The maximum absolute atomic E-state index is 6.37. The van der Waals surface area contributed by atoms with Crippen molar-refractivity contribution in [1.29, 1.82) is 0 Å². The normalized spacial score (nSPS) is 15.5. The molecule has 1 aliphatic heterocycles. The van der Waals surface area contributed by atoms with Crippen LogP contribution in [0.5, 0.6) is 5.75 Å². The standard InChI is InChI=1S/C19H23ClN2O/c20-18-14-16(8-11-22-12-9-21-10-13-22)6-7-19(18)23-15-17-4-2-1-3-5-17/h1-7,14,21H,8-13,15H2. The van der Waals surface area contributed by atoms with Crippen LogP contribution in [0.15, 0.2) is 48.5 Å². The number of halogens is 1. The van der Waals surface area contributed by atoms with Crippen LogP contribution in [0.3, 0.4) is 0 Å². The molecule has 3 rings (SSSR count). The summed E-state index contributed by atoms with van der Waals surface area (Å²) in [5.41, 5.74) is 2.41. The van der Waals surface area contributed by atoms with E-state index in [4.69, 9.17) is 16.3 Å². The van der Waals surface area contributed by atoms with Crippen molar-refractivity contribution in [2.24, 2.45) is 0 Å². The van der Waals surface area contributed by atoms with Gasteiger partial charge in [0.1, 0.15) is 12.4 Å². The molecule has 0 atom stereocenters. The van der Waals surface area contributed by atoms with Crippen LogP contribution >= 0.6 is 11.6 Å². The van der Waals surface area contributed by atoms with Gasteiger partial charge in [0, 0.05) is 32.7 Å². The molecule has 1 heterocycles. The third kappa shape index (κ3) is 4.96. The summed E-state index contributed by atoms with van der Waals surface area (Å²) in [5, 5.41) is 4.07. The van der Waals surface area contributed by atoms with E-state index in [9.17, 15) is 0 Å². The van der Waals surface area contributed by atoms with Crippen LogP contribution in [0.4, 0.5) is 0 Å². The first-order chi connectivity index (χ1) is 11.3. The molecule has 0 bridgehead atoms. The van der Waals surface area contributed by atoms with E-state index in [1.807, 2.05) is 30.3 Å². The molecule has 3 nitrogen and oxygen atoms in total. The molecule has 0 spiro atoms. The maximum Gasteiger partial charge on any atom is 0.138 e. The second kappa shape index (κ2) is 8.34. The zero-order valence-corrected chi connectivity index (χ0v) is 14.1. The highest BCUT2D eigenvalue weighted by Crippen LogP contribution is 2.26. The summed E-state index contributed by atoms with van der Waals surface area (Å²) in [7, 11) is 0. The lowest BCUT2D eigenvalue weighted by Gasteiger charge is -2.27. The van der Waals surface area contributed by atoms with Crippen molar-refractivity contribution in [3.63, 3.8) is 0 Å². The van der Waals surface area contributed by atoms with Gasteiger partial charge >= 0.3 is 0 Å². The Morgan fingerprint density at radius 1 is 1.00 bits per heavy atom. The fourth-order valence-electron chi connectivity index (χ4n) is 2.77. The molecule has 0 amide bonds. The fourth-order valence-corrected chi connectivity index (χ4v) is 3.03. The third-order valence-corrected chi connectivity index (χ3v) is 4.46. The second-order valence-corrected chi connectivity index (χ2v) is 6.29. The van der Waals surface area contributed by atoms with E-state index in [2.05, 4.69) is 28.4 Å². The predicted octanol–water partition coefficient (Wildman–Crippen LogP) is 3.37. The van der Waals surface area contributed by atoms with Crippen LogP contribution in [-0.4, -0.2) is 37.6 Å². The molecule has 0 aromatic heterocycles. The number of piperazine rings is 1. The highest BCUT2D eigenvalue weighted by atomic mass is 35.5. The van der Waals surface area contributed by atoms with E-state index in [0.29, 0.717) is 11.6 Å². The summed E-state index contributed by atoms with van der Waals surface area (Å²) < 4.78 is 5.82. The monoisotopic (exact) mass is 330 g/mol. The molecular weight excluding hydrogens is 308 g/mol. The Balaban J connectivity index is 1.52. The third-order valence-electron chi connectivity index (χ3n) is 4.16. The molecule has 0 saturated carbocycles. The lowest BCUT2D eigenvalue weighted by atomic mass is 10.1. The molecule has 1 aliphatic rings. The van der Waals surface area contributed by atoms with Crippen LogP contribution in [0.1, 0.15) is 11.1 Å². The van der Waals surface area contributed by atoms with Gasteiger partial charge in [-0.1, -0.05) is 48.0 Å². The molecule has 122 valence electrons. The van der Waals surface area contributed by atoms with Gasteiger partial charge in [-0.05, 0) is 29.7 Å². The molecule has 0 radical (unpaired) electrons. The fraction of sp³-hybridized carbons (Fsp3) is 0.368. The van der Waals surface area contributed by atoms with E-state index < -0.39 is 0 Å². The molecule has 1 saturated heterocycles. The SMILES string of the molecule is Clc1cc(CCN2CCNCC2)ccc1OCc1ccccc1. The van der Waals surface area contributed by atoms with Crippen LogP contribution in [0, 0.1) is 0 Å². The molecule has 4 heteroatoms. The summed E-state index contributed by atoms with van der Waals surface area (Å²) in [6.45, 7) is 6.07. The van der Waals surface area contributed by atoms with Gasteiger partial charge in [0.2, 0.25) is 0 Å². The van der Waals surface area contributed by atoms with E-state index in [0.717, 1.165) is 50.5 Å². The van der Waals surface area contributed by atoms with Crippen LogP contribution in [0.2, 0.25) is 5.02 Å². The number of rotatable bonds is 6.